The molecule has 0 saturated carbocycles. The number of amides is 2. The summed E-state index contributed by atoms with van der Waals surface area (Å²) in [4.78, 5) is 28.3. The van der Waals surface area contributed by atoms with Gasteiger partial charge in [0.05, 0.1) is 5.69 Å². The summed E-state index contributed by atoms with van der Waals surface area (Å²) in [6.07, 6.45) is 0.256. The van der Waals surface area contributed by atoms with Gasteiger partial charge in [-0.25, -0.2) is 9.18 Å². The Morgan fingerprint density at radius 3 is 2.69 bits per heavy atom. The van der Waals surface area contributed by atoms with Crippen LogP contribution in [0.25, 0.3) is 0 Å². The minimum Gasteiger partial charge on any atom is -0.410 e. The molecule has 0 bridgehead atoms. The molecule has 0 aromatic heterocycles. The van der Waals surface area contributed by atoms with Gasteiger partial charge in [0.2, 0.25) is 5.91 Å². The van der Waals surface area contributed by atoms with Gasteiger partial charge < -0.3 is 10.5 Å². The van der Waals surface area contributed by atoms with Crippen molar-refractivity contribution in [1.29, 1.82) is 0 Å². The predicted octanol–water partition coefficient (Wildman–Crippen LogP) is 3.14. The number of nitrogens with two attached hydrogens (primary N) is 1. The Morgan fingerprint density at radius 1 is 1.21 bits per heavy atom. The minimum absolute atomic E-state index is 0.330. The Balaban J connectivity index is 1.61. The molecule has 29 heavy (non-hydrogen) atoms. The van der Waals surface area contributed by atoms with Crippen LogP contribution in [0.2, 0.25) is 0 Å². The van der Waals surface area contributed by atoms with Crippen molar-refractivity contribution in [3.63, 3.8) is 0 Å². The lowest BCUT2D eigenvalue weighted by Gasteiger charge is -2.32. The van der Waals surface area contributed by atoms with Crippen LogP contribution in [0.4, 0.5) is 14.9 Å². The van der Waals surface area contributed by atoms with Gasteiger partial charge >= 0.3 is 6.09 Å². The van der Waals surface area contributed by atoms with Gasteiger partial charge in [-0.2, -0.15) is 0 Å². The zero-order valence-corrected chi connectivity index (χ0v) is 16.7. The fraction of sp³-hybridized carbons (Fsp3) is 0.364. The standard InChI is InChI=1S/C22H24FN3O3/c1-22(2)12-26(18-7-5-14(23)10-17(18)22)21(28)29-15-6-4-13-8-9-25(3)19(20(24)27)16(13)11-15/h4-7,10-11,19H,8-9,12H2,1-3H3,(H2,24,27). The van der Waals surface area contributed by atoms with Gasteiger partial charge in [0, 0.05) is 18.5 Å². The fourth-order valence-corrected chi connectivity index (χ4v) is 4.32. The monoisotopic (exact) mass is 397 g/mol. The van der Waals surface area contributed by atoms with E-state index < -0.39 is 18.0 Å². The highest BCUT2D eigenvalue weighted by Crippen LogP contribution is 2.41. The van der Waals surface area contributed by atoms with Crippen LogP contribution >= 0.6 is 0 Å². The molecule has 0 radical (unpaired) electrons. The van der Waals surface area contributed by atoms with E-state index in [1.807, 2.05) is 31.9 Å². The zero-order chi connectivity index (χ0) is 20.9. The Hall–Kier alpha value is -2.93. The third-order valence-corrected chi connectivity index (χ3v) is 5.81. The van der Waals surface area contributed by atoms with E-state index in [9.17, 15) is 14.0 Å². The van der Waals surface area contributed by atoms with Gasteiger partial charge in [-0.3, -0.25) is 14.6 Å². The normalized spacial score (nSPS) is 20.1. The highest BCUT2D eigenvalue weighted by molar-refractivity contribution is 5.92. The van der Waals surface area contributed by atoms with Gasteiger partial charge in [0.25, 0.3) is 0 Å². The number of rotatable bonds is 2. The highest BCUT2D eigenvalue weighted by Gasteiger charge is 2.39. The second-order valence-corrected chi connectivity index (χ2v) is 8.40. The lowest BCUT2D eigenvalue weighted by Crippen LogP contribution is -2.40. The lowest BCUT2D eigenvalue weighted by atomic mass is 9.87. The van der Waals surface area contributed by atoms with Crippen molar-refractivity contribution in [1.82, 2.24) is 4.90 Å². The van der Waals surface area contributed by atoms with Crippen molar-refractivity contribution in [3.05, 3.63) is 58.9 Å². The third kappa shape index (κ3) is 3.35. The smallest absolute Gasteiger partial charge is 0.410 e. The van der Waals surface area contributed by atoms with Crippen molar-refractivity contribution in [2.45, 2.75) is 31.7 Å². The molecule has 0 fully saturated rings. The van der Waals surface area contributed by atoms with E-state index in [0.717, 1.165) is 29.7 Å². The van der Waals surface area contributed by atoms with Crippen molar-refractivity contribution in [2.24, 2.45) is 5.73 Å². The first kappa shape index (κ1) is 19.4. The maximum atomic E-state index is 13.7. The molecule has 6 nitrogen and oxygen atoms in total. The van der Waals surface area contributed by atoms with Crippen LogP contribution in [0.15, 0.2) is 36.4 Å². The summed E-state index contributed by atoms with van der Waals surface area (Å²) in [5.41, 5.74) is 8.42. The Bertz CT molecular complexity index is 1000. The molecular weight excluding hydrogens is 373 g/mol. The number of carbonyl (C=O) groups excluding carboxylic acids is 2. The van der Waals surface area contributed by atoms with Crippen molar-refractivity contribution in [3.8, 4) is 5.75 Å². The summed E-state index contributed by atoms with van der Waals surface area (Å²) in [5, 5.41) is 0. The summed E-state index contributed by atoms with van der Waals surface area (Å²) >= 11 is 0. The molecule has 2 amide bonds. The summed E-state index contributed by atoms with van der Waals surface area (Å²) in [5.74, 6) is -0.416. The van der Waals surface area contributed by atoms with E-state index in [-0.39, 0.29) is 11.2 Å². The fourth-order valence-electron chi connectivity index (χ4n) is 4.32. The van der Waals surface area contributed by atoms with Crippen LogP contribution in [-0.4, -0.2) is 37.0 Å². The molecule has 2 aromatic rings. The van der Waals surface area contributed by atoms with E-state index in [4.69, 9.17) is 10.5 Å². The molecule has 152 valence electrons. The predicted molar refractivity (Wildman–Crippen MR) is 108 cm³/mol. The van der Waals surface area contributed by atoms with E-state index in [1.165, 1.54) is 17.0 Å². The number of hydrogen-bond donors (Lipinski definition) is 1. The first-order chi connectivity index (χ1) is 13.7. The highest BCUT2D eigenvalue weighted by atomic mass is 19.1. The second kappa shape index (κ2) is 6.84. The van der Waals surface area contributed by atoms with Crippen LogP contribution in [0, 0.1) is 5.82 Å². The number of likely N-dealkylation sites (N-methyl/N-ethyl adjacent to an activating group) is 1. The lowest BCUT2D eigenvalue weighted by molar-refractivity contribution is -0.123. The molecule has 0 saturated heterocycles. The minimum atomic E-state index is -0.549. The Morgan fingerprint density at radius 2 is 1.97 bits per heavy atom. The Kier molecular flexibility index (Phi) is 4.58. The summed E-state index contributed by atoms with van der Waals surface area (Å²) < 4.78 is 19.3. The molecule has 7 heteroatoms. The zero-order valence-electron chi connectivity index (χ0n) is 16.7. The molecular formula is C22H24FN3O3. The molecule has 4 rings (SSSR count). The molecule has 2 aliphatic heterocycles. The quantitative estimate of drug-likeness (QED) is 0.845. The van der Waals surface area contributed by atoms with Crippen molar-refractivity contribution in [2.75, 3.05) is 25.0 Å². The average molecular weight is 397 g/mol. The van der Waals surface area contributed by atoms with E-state index >= 15 is 0 Å². The Labute approximate surface area is 169 Å². The van der Waals surface area contributed by atoms with Gasteiger partial charge in [-0.1, -0.05) is 19.9 Å². The molecule has 0 spiro atoms. The number of carbonyl (C=O) groups is 2. The summed E-state index contributed by atoms with van der Waals surface area (Å²) in [6.45, 7) is 5.05. The van der Waals surface area contributed by atoms with Gasteiger partial charge in [0.15, 0.2) is 0 Å². The molecule has 2 aromatic carbocycles. The van der Waals surface area contributed by atoms with Gasteiger partial charge in [-0.05, 0) is 60.5 Å². The van der Waals surface area contributed by atoms with Crippen LogP contribution in [0.5, 0.6) is 5.75 Å². The van der Waals surface area contributed by atoms with Gasteiger partial charge in [0.1, 0.15) is 17.6 Å². The average Bonchev–Trinajstić information content (AvgIpc) is 2.92. The first-order valence-electron chi connectivity index (χ1n) is 9.59. The number of nitrogens with zero attached hydrogens (tertiary/aromatic N) is 2. The van der Waals surface area contributed by atoms with E-state index in [1.54, 1.807) is 18.2 Å². The molecule has 1 unspecified atom stereocenters. The number of anilines is 1. The van der Waals surface area contributed by atoms with Crippen molar-refractivity contribution < 1.29 is 18.7 Å². The first-order valence-corrected chi connectivity index (χ1v) is 9.59. The number of fused-ring (bicyclic) bond motifs is 2. The largest absolute Gasteiger partial charge is 0.419 e. The number of ether oxygens (including phenoxy) is 1. The van der Waals surface area contributed by atoms with E-state index in [2.05, 4.69) is 0 Å². The van der Waals surface area contributed by atoms with Crippen LogP contribution in [-0.2, 0) is 16.6 Å². The topological polar surface area (TPSA) is 75.9 Å². The number of hydrogen-bond acceptors (Lipinski definition) is 4. The molecule has 0 aliphatic carbocycles. The van der Waals surface area contributed by atoms with Gasteiger partial charge in [-0.15, -0.1) is 0 Å². The number of halogens is 1. The second-order valence-electron chi connectivity index (χ2n) is 8.40. The molecule has 2 aliphatic rings. The van der Waals surface area contributed by atoms with Crippen molar-refractivity contribution >= 4 is 17.7 Å². The number of primary amides is 1. The SMILES string of the molecule is CN1CCc2ccc(OC(=O)N3CC(C)(C)c4cc(F)ccc43)cc2C1C(N)=O. The third-order valence-electron chi connectivity index (χ3n) is 5.81. The summed E-state index contributed by atoms with van der Waals surface area (Å²) in [6, 6.07) is 9.18. The van der Waals surface area contributed by atoms with Crippen LogP contribution in [0.3, 0.4) is 0 Å². The molecule has 1 atom stereocenters. The number of benzene rings is 2. The molecule has 2 heterocycles. The van der Waals surface area contributed by atoms with Crippen LogP contribution < -0.4 is 15.4 Å². The maximum absolute atomic E-state index is 13.7. The van der Waals surface area contributed by atoms with E-state index in [0.29, 0.717) is 18.0 Å². The molecule has 2 N–H and O–H groups in total. The maximum Gasteiger partial charge on any atom is 0.419 e. The van der Waals surface area contributed by atoms with Crippen LogP contribution in [0.1, 0.15) is 36.6 Å². The summed E-state index contributed by atoms with van der Waals surface area (Å²) in [7, 11) is 1.85.